The van der Waals surface area contributed by atoms with E-state index in [9.17, 15) is 9.18 Å². The van der Waals surface area contributed by atoms with E-state index >= 15 is 0 Å². The van der Waals surface area contributed by atoms with Crippen LogP contribution in [-0.4, -0.2) is 43.0 Å². The summed E-state index contributed by atoms with van der Waals surface area (Å²) < 4.78 is 24.8. The van der Waals surface area contributed by atoms with Crippen LogP contribution in [0.15, 0.2) is 48.5 Å². The van der Waals surface area contributed by atoms with Crippen molar-refractivity contribution in [3.63, 3.8) is 0 Å². The van der Waals surface area contributed by atoms with E-state index < -0.39 is 0 Å². The fourth-order valence-corrected chi connectivity index (χ4v) is 4.02. The van der Waals surface area contributed by atoms with E-state index in [2.05, 4.69) is 4.90 Å². The fourth-order valence-electron chi connectivity index (χ4n) is 4.02. The topological polar surface area (TPSA) is 38.8 Å². The minimum absolute atomic E-state index is 0.0493. The summed E-state index contributed by atoms with van der Waals surface area (Å²) in [5.41, 5.74) is 0.620. The molecule has 0 N–H and O–H groups in total. The lowest BCUT2D eigenvalue weighted by atomic mass is 9.89. The van der Waals surface area contributed by atoms with Crippen molar-refractivity contribution in [3.8, 4) is 11.5 Å². The highest BCUT2D eigenvalue weighted by atomic mass is 19.1. The molecule has 0 amide bonds. The fraction of sp³-hybridized carbons (Fsp3) is 0.435. The molecule has 0 spiro atoms. The third-order valence-electron chi connectivity index (χ3n) is 5.66. The normalized spacial score (nSPS) is 20.1. The molecule has 0 aromatic heterocycles. The minimum atomic E-state index is -0.304. The van der Waals surface area contributed by atoms with Gasteiger partial charge in [0.15, 0.2) is 17.3 Å². The summed E-state index contributed by atoms with van der Waals surface area (Å²) in [5.74, 6) is 1.55. The molecule has 1 saturated heterocycles. The van der Waals surface area contributed by atoms with Gasteiger partial charge in [0.05, 0.1) is 0 Å². The Morgan fingerprint density at radius 3 is 2.50 bits per heavy atom. The van der Waals surface area contributed by atoms with Gasteiger partial charge in [-0.1, -0.05) is 12.1 Å². The predicted octanol–water partition coefficient (Wildman–Crippen LogP) is 4.34. The van der Waals surface area contributed by atoms with Crippen LogP contribution in [-0.2, 0) is 0 Å². The highest BCUT2D eigenvalue weighted by Crippen LogP contribution is 2.32. The molecule has 0 radical (unpaired) electrons. The molecule has 148 valence electrons. The van der Waals surface area contributed by atoms with Crippen LogP contribution >= 0.6 is 0 Å². The molecule has 28 heavy (non-hydrogen) atoms. The Balaban J connectivity index is 1.18. The van der Waals surface area contributed by atoms with Crippen molar-refractivity contribution in [2.24, 2.45) is 5.92 Å². The molecule has 2 aliphatic heterocycles. The zero-order valence-electron chi connectivity index (χ0n) is 16.0. The molecular weight excluding hydrogens is 357 g/mol. The molecule has 5 heteroatoms. The van der Waals surface area contributed by atoms with E-state index in [-0.39, 0.29) is 23.6 Å². The largest absolute Gasteiger partial charge is 0.486 e. The first-order valence-electron chi connectivity index (χ1n) is 10.1. The van der Waals surface area contributed by atoms with Crippen LogP contribution in [0.3, 0.4) is 0 Å². The Bertz CT molecular complexity index is 800. The van der Waals surface area contributed by atoms with Gasteiger partial charge in [0.2, 0.25) is 0 Å². The van der Waals surface area contributed by atoms with E-state index in [4.69, 9.17) is 9.47 Å². The number of para-hydroxylation sites is 2. The number of piperidine rings is 1. The molecule has 2 aromatic rings. The van der Waals surface area contributed by atoms with Crippen LogP contribution in [0.5, 0.6) is 11.5 Å². The van der Waals surface area contributed by atoms with Gasteiger partial charge in [0, 0.05) is 11.5 Å². The zero-order valence-corrected chi connectivity index (χ0v) is 16.0. The summed E-state index contributed by atoms with van der Waals surface area (Å²) in [5, 5.41) is 0. The van der Waals surface area contributed by atoms with Gasteiger partial charge in [-0.3, -0.25) is 4.79 Å². The van der Waals surface area contributed by atoms with E-state index in [1.807, 2.05) is 24.3 Å². The van der Waals surface area contributed by atoms with Crippen LogP contribution in [0.25, 0.3) is 0 Å². The van der Waals surface area contributed by atoms with Crippen LogP contribution in [0.1, 0.15) is 36.0 Å². The molecule has 1 atom stereocenters. The number of hydrogen-bond donors (Lipinski definition) is 0. The minimum Gasteiger partial charge on any atom is -0.486 e. The standard InChI is InChI=1S/C23H26FNO3/c24-19-9-7-17(8-10-19)23(26)18-11-14-25(15-12-18)13-3-4-20-16-27-21-5-1-2-6-22(21)28-20/h1-2,5-10,18,20H,3-4,11-16H2. The third kappa shape index (κ3) is 4.53. The van der Waals surface area contributed by atoms with Gasteiger partial charge in [-0.15, -0.1) is 0 Å². The van der Waals surface area contributed by atoms with Crippen LogP contribution < -0.4 is 9.47 Å². The molecule has 2 aliphatic rings. The third-order valence-corrected chi connectivity index (χ3v) is 5.66. The number of ether oxygens (including phenoxy) is 2. The molecule has 4 rings (SSSR count). The van der Waals surface area contributed by atoms with Crippen molar-refractivity contribution < 1.29 is 18.7 Å². The highest BCUT2D eigenvalue weighted by molar-refractivity contribution is 5.97. The van der Waals surface area contributed by atoms with Crippen molar-refractivity contribution in [1.29, 1.82) is 0 Å². The average Bonchev–Trinajstić information content (AvgIpc) is 2.74. The number of Topliss-reactive ketones (excluding diaryl/α,β-unsaturated/α-hetero) is 1. The molecule has 2 heterocycles. The highest BCUT2D eigenvalue weighted by Gasteiger charge is 2.26. The van der Waals surface area contributed by atoms with Gasteiger partial charge < -0.3 is 14.4 Å². The average molecular weight is 383 g/mol. The van der Waals surface area contributed by atoms with Crippen molar-refractivity contribution in [2.75, 3.05) is 26.2 Å². The van der Waals surface area contributed by atoms with Crippen molar-refractivity contribution in [1.82, 2.24) is 4.90 Å². The van der Waals surface area contributed by atoms with Gasteiger partial charge >= 0.3 is 0 Å². The molecule has 4 nitrogen and oxygen atoms in total. The first-order valence-corrected chi connectivity index (χ1v) is 10.1. The Kier molecular flexibility index (Phi) is 5.91. The molecule has 2 aromatic carbocycles. The summed E-state index contributed by atoms with van der Waals surface area (Å²) >= 11 is 0. The Hall–Kier alpha value is -2.40. The monoisotopic (exact) mass is 383 g/mol. The summed E-state index contributed by atoms with van der Waals surface area (Å²) in [7, 11) is 0. The number of nitrogens with zero attached hydrogens (tertiary/aromatic N) is 1. The van der Waals surface area contributed by atoms with Gasteiger partial charge in [-0.25, -0.2) is 4.39 Å². The number of carbonyl (C=O) groups excluding carboxylic acids is 1. The smallest absolute Gasteiger partial charge is 0.166 e. The molecular formula is C23H26FNO3. The number of likely N-dealkylation sites (tertiary alicyclic amines) is 1. The first-order chi connectivity index (χ1) is 13.7. The maximum absolute atomic E-state index is 13.0. The summed E-state index contributed by atoms with van der Waals surface area (Å²) in [6.45, 7) is 3.48. The molecule has 1 fully saturated rings. The summed E-state index contributed by atoms with van der Waals surface area (Å²) in [6.07, 6.45) is 3.85. The number of carbonyl (C=O) groups is 1. The zero-order chi connectivity index (χ0) is 19.3. The maximum Gasteiger partial charge on any atom is 0.166 e. The second-order valence-electron chi connectivity index (χ2n) is 7.63. The number of fused-ring (bicyclic) bond motifs is 1. The number of hydrogen-bond acceptors (Lipinski definition) is 4. The summed E-state index contributed by atoms with van der Waals surface area (Å²) in [6, 6.07) is 13.7. The molecule has 0 saturated carbocycles. The lowest BCUT2D eigenvalue weighted by Gasteiger charge is -2.32. The first kappa shape index (κ1) is 18.9. The molecule has 1 unspecified atom stereocenters. The predicted molar refractivity (Wildman–Crippen MR) is 105 cm³/mol. The quantitative estimate of drug-likeness (QED) is 0.696. The summed E-state index contributed by atoms with van der Waals surface area (Å²) in [4.78, 5) is 15.0. The Morgan fingerprint density at radius 2 is 1.75 bits per heavy atom. The van der Waals surface area contributed by atoms with Gasteiger partial charge in [0.1, 0.15) is 18.5 Å². The van der Waals surface area contributed by atoms with Crippen LogP contribution in [0.4, 0.5) is 4.39 Å². The number of benzene rings is 2. The maximum atomic E-state index is 13.0. The van der Waals surface area contributed by atoms with Crippen molar-refractivity contribution in [3.05, 3.63) is 59.9 Å². The number of rotatable bonds is 6. The molecule has 0 bridgehead atoms. The van der Waals surface area contributed by atoms with E-state index in [1.165, 1.54) is 12.1 Å². The van der Waals surface area contributed by atoms with Gasteiger partial charge in [-0.05, 0) is 81.7 Å². The van der Waals surface area contributed by atoms with E-state index in [0.717, 1.165) is 56.8 Å². The SMILES string of the molecule is O=C(c1ccc(F)cc1)C1CCN(CCCC2COc3ccccc3O2)CC1. The lowest BCUT2D eigenvalue weighted by Crippen LogP contribution is -2.37. The van der Waals surface area contributed by atoms with E-state index in [1.54, 1.807) is 12.1 Å². The second-order valence-corrected chi connectivity index (χ2v) is 7.63. The lowest BCUT2D eigenvalue weighted by molar-refractivity contribution is 0.0757. The number of halogens is 1. The van der Waals surface area contributed by atoms with Crippen LogP contribution in [0, 0.1) is 11.7 Å². The van der Waals surface area contributed by atoms with Crippen molar-refractivity contribution in [2.45, 2.75) is 31.8 Å². The van der Waals surface area contributed by atoms with Crippen LogP contribution in [0.2, 0.25) is 0 Å². The van der Waals surface area contributed by atoms with Gasteiger partial charge in [0.25, 0.3) is 0 Å². The Labute approximate surface area is 165 Å². The number of ketones is 1. The second kappa shape index (κ2) is 8.74. The molecule has 0 aliphatic carbocycles. The van der Waals surface area contributed by atoms with Gasteiger partial charge in [-0.2, -0.15) is 0 Å². The van der Waals surface area contributed by atoms with E-state index in [0.29, 0.717) is 12.2 Å². The Morgan fingerprint density at radius 1 is 1.04 bits per heavy atom. The van der Waals surface area contributed by atoms with Crippen molar-refractivity contribution >= 4 is 5.78 Å².